The van der Waals surface area contributed by atoms with Crippen LogP contribution in [0, 0.1) is 11.3 Å². The number of hydrogen-bond donors (Lipinski definition) is 1. The van der Waals surface area contributed by atoms with Crippen LogP contribution in [-0.2, 0) is 6.54 Å². The summed E-state index contributed by atoms with van der Waals surface area (Å²) >= 11 is 12.7. The Hall–Kier alpha value is -3.48. The minimum absolute atomic E-state index is 0.357. The van der Waals surface area contributed by atoms with Gasteiger partial charge in [0.15, 0.2) is 0 Å². The van der Waals surface area contributed by atoms with Crippen molar-refractivity contribution in [1.82, 2.24) is 14.8 Å². The summed E-state index contributed by atoms with van der Waals surface area (Å²) in [5, 5.41) is 14.6. The average molecular weight is 552 g/mol. The second-order valence-corrected chi connectivity index (χ2v) is 10.0. The van der Waals surface area contributed by atoms with Crippen LogP contribution in [0.4, 0.5) is 11.4 Å². The van der Waals surface area contributed by atoms with Crippen molar-refractivity contribution in [3.63, 3.8) is 0 Å². The van der Waals surface area contributed by atoms with Crippen LogP contribution in [-0.4, -0.2) is 62.2 Å². The van der Waals surface area contributed by atoms with Gasteiger partial charge in [0.05, 0.1) is 59.5 Å². The molecule has 0 amide bonds. The number of hydrogen-bond acceptors (Lipinski definition) is 8. The van der Waals surface area contributed by atoms with Crippen LogP contribution in [0.5, 0.6) is 11.5 Å². The number of furan rings is 1. The van der Waals surface area contributed by atoms with Gasteiger partial charge in [-0.1, -0.05) is 23.2 Å². The van der Waals surface area contributed by atoms with E-state index in [1.165, 1.54) is 13.3 Å². The van der Waals surface area contributed by atoms with Crippen molar-refractivity contribution in [2.45, 2.75) is 6.54 Å². The van der Waals surface area contributed by atoms with E-state index in [1.807, 2.05) is 18.2 Å². The molecule has 2 aromatic heterocycles. The Bertz CT molecular complexity index is 1520. The first-order valence-electron chi connectivity index (χ1n) is 12.1. The quantitative estimate of drug-likeness (QED) is 0.291. The maximum atomic E-state index is 9.82. The van der Waals surface area contributed by atoms with Crippen LogP contribution < -0.4 is 14.8 Å². The van der Waals surface area contributed by atoms with Crippen molar-refractivity contribution >= 4 is 45.5 Å². The summed E-state index contributed by atoms with van der Waals surface area (Å²) in [7, 11) is 5.29. The summed E-state index contributed by atoms with van der Waals surface area (Å²) < 4.78 is 17.0. The van der Waals surface area contributed by atoms with Crippen LogP contribution in [0.1, 0.15) is 11.3 Å². The van der Waals surface area contributed by atoms with Crippen molar-refractivity contribution in [2.24, 2.45) is 0 Å². The molecule has 1 saturated heterocycles. The molecule has 1 N–H and O–H groups in total. The molecule has 0 saturated carbocycles. The summed E-state index contributed by atoms with van der Waals surface area (Å²) in [4.78, 5) is 9.27. The summed E-state index contributed by atoms with van der Waals surface area (Å²) in [6, 6.07) is 11.3. The predicted molar refractivity (Wildman–Crippen MR) is 150 cm³/mol. The summed E-state index contributed by atoms with van der Waals surface area (Å²) in [5.41, 5.74) is 3.89. The number of nitrogens with zero attached hydrogens (tertiary/aromatic N) is 4. The molecular formula is C28H27Cl2N5O3. The zero-order chi connectivity index (χ0) is 26.8. The van der Waals surface area contributed by atoms with Gasteiger partial charge >= 0.3 is 0 Å². The van der Waals surface area contributed by atoms with Gasteiger partial charge in [-0.05, 0) is 31.3 Å². The maximum absolute atomic E-state index is 9.82. The molecule has 0 spiro atoms. The molecule has 10 heteroatoms. The van der Waals surface area contributed by atoms with Crippen molar-refractivity contribution in [1.29, 1.82) is 5.26 Å². The number of piperazine rings is 1. The third-order valence-electron chi connectivity index (χ3n) is 6.75. The van der Waals surface area contributed by atoms with E-state index in [2.05, 4.69) is 33.2 Å². The summed E-state index contributed by atoms with van der Waals surface area (Å²) in [5.74, 6) is 1.99. The standard InChI is InChI=1S/C28H27Cl2N5O3/c1-34-4-6-35(7-5-34)15-19-8-17(16-38-19)20-9-24-21(10-26(20)36-2)28(18(13-31)14-32-24)33-25-12-27(37-3)23(30)11-22(25)29/h8-12,14,16H,4-7,15H2,1-3H3,(H,32,33). The normalized spacial score (nSPS) is 14.4. The molecule has 1 aliphatic rings. The fourth-order valence-electron chi connectivity index (χ4n) is 4.58. The van der Waals surface area contributed by atoms with E-state index in [4.69, 9.17) is 37.1 Å². The zero-order valence-corrected chi connectivity index (χ0v) is 22.9. The first kappa shape index (κ1) is 26.1. The second kappa shape index (κ2) is 11.1. The minimum atomic E-state index is 0.357. The average Bonchev–Trinajstić information content (AvgIpc) is 3.39. The highest BCUT2D eigenvalue weighted by Gasteiger charge is 2.19. The van der Waals surface area contributed by atoms with Crippen LogP contribution in [0.2, 0.25) is 10.0 Å². The monoisotopic (exact) mass is 551 g/mol. The smallest absolute Gasteiger partial charge is 0.139 e. The van der Waals surface area contributed by atoms with E-state index < -0.39 is 0 Å². The largest absolute Gasteiger partial charge is 0.496 e. The summed E-state index contributed by atoms with van der Waals surface area (Å²) in [6.07, 6.45) is 3.29. The number of nitriles is 1. The first-order valence-corrected chi connectivity index (χ1v) is 12.8. The van der Waals surface area contributed by atoms with Crippen LogP contribution in [0.3, 0.4) is 0 Å². The molecule has 3 heterocycles. The van der Waals surface area contributed by atoms with Crippen molar-refractivity contribution in [3.8, 4) is 28.7 Å². The zero-order valence-electron chi connectivity index (χ0n) is 21.3. The number of likely N-dealkylation sites (N-methyl/N-ethyl adjacent to an activating group) is 1. The predicted octanol–water partition coefficient (Wildman–Crippen LogP) is 6.18. The number of pyridine rings is 1. The Kier molecular flexibility index (Phi) is 7.63. The molecule has 8 nitrogen and oxygen atoms in total. The van der Waals surface area contributed by atoms with E-state index in [1.54, 1.807) is 25.5 Å². The van der Waals surface area contributed by atoms with Gasteiger partial charge in [0, 0.05) is 55.0 Å². The third kappa shape index (κ3) is 5.24. The number of anilines is 2. The number of rotatable bonds is 7. The highest BCUT2D eigenvalue weighted by Crippen LogP contribution is 2.41. The SMILES string of the molecule is COc1cc(Nc2c(C#N)cnc3cc(-c4coc(CN5CCN(C)CC5)c4)c(OC)cc23)c(Cl)cc1Cl. The Balaban J connectivity index is 1.52. The van der Waals surface area contributed by atoms with E-state index >= 15 is 0 Å². The molecule has 1 aliphatic heterocycles. The lowest BCUT2D eigenvalue weighted by Crippen LogP contribution is -2.43. The van der Waals surface area contributed by atoms with Crippen molar-refractivity contribution in [2.75, 3.05) is 52.8 Å². The third-order valence-corrected chi connectivity index (χ3v) is 7.36. The van der Waals surface area contributed by atoms with Crippen molar-refractivity contribution in [3.05, 3.63) is 64.2 Å². The topological polar surface area (TPSA) is 86.8 Å². The van der Waals surface area contributed by atoms with Gasteiger partial charge in [-0.25, -0.2) is 0 Å². The number of aromatic nitrogens is 1. The fourth-order valence-corrected chi connectivity index (χ4v) is 5.09. The van der Waals surface area contributed by atoms with Crippen LogP contribution in [0.15, 0.2) is 47.2 Å². The van der Waals surface area contributed by atoms with E-state index in [0.29, 0.717) is 49.4 Å². The maximum Gasteiger partial charge on any atom is 0.139 e. The number of benzene rings is 2. The number of halogens is 2. The lowest BCUT2D eigenvalue weighted by molar-refractivity contribution is 0.140. The van der Waals surface area contributed by atoms with Gasteiger partial charge in [0.25, 0.3) is 0 Å². The van der Waals surface area contributed by atoms with Gasteiger partial charge in [0.2, 0.25) is 0 Å². The lowest BCUT2D eigenvalue weighted by atomic mass is 10.0. The Morgan fingerprint density at radius 3 is 2.50 bits per heavy atom. The highest BCUT2D eigenvalue weighted by atomic mass is 35.5. The Morgan fingerprint density at radius 2 is 1.79 bits per heavy atom. The van der Waals surface area contributed by atoms with E-state index in [0.717, 1.165) is 49.6 Å². The van der Waals surface area contributed by atoms with E-state index in [9.17, 15) is 5.26 Å². The van der Waals surface area contributed by atoms with Crippen LogP contribution >= 0.6 is 23.2 Å². The number of nitrogens with one attached hydrogen (secondary N) is 1. The molecule has 4 aromatic rings. The molecule has 0 aliphatic carbocycles. The van der Waals surface area contributed by atoms with Gasteiger partial charge in [-0.3, -0.25) is 9.88 Å². The Morgan fingerprint density at radius 1 is 1.03 bits per heavy atom. The van der Waals surface area contributed by atoms with Gasteiger partial charge in [0.1, 0.15) is 23.3 Å². The van der Waals surface area contributed by atoms with Crippen molar-refractivity contribution < 1.29 is 13.9 Å². The highest BCUT2D eigenvalue weighted by molar-refractivity contribution is 6.37. The lowest BCUT2D eigenvalue weighted by Gasteiger charge is -2.31. The molecule has 0 unspecified atom stereocenters. The van der Waals surface area contributed by atoms with Gasteiger partial charge in [-0.2, -0.15) is 5.26 Å². The molecule has 2 aromatic carbocycles. The first-order chi connectivity index (χ1) is 18.4. The fraction of sp³-hybridized carbons (Fsp3) is 0.286. The molecule has 0 radical (unpaired) electrons. The molecule has 38 heavy (non-hydrogen) atoms. The van der Waals surface area contributed by atoms with E-state index in [-0.39, 0.29) is 0 Å². The molecule has 0 atom stereocenters. The summed E-state index contributed by atoms with van der Waals surface area (Å²) in [6.45, 7) is 4.87. The Labute approximate surface area is 231 Å². The van der Waals surface area contributed by atoms with Crippen LogP contribution in [0.25, 0.3) is 22.0 Å². The minimum Gasteiger partial charge on any atom is -0.496 e. The second-order valence-electron chi connectivity index (χ2n) is 9.20. The molecular weight excluding hydrogens is 525 g/mol. The van der Waals surface area contributed by atoms with Gasteiger partial charge < -0.3 is 24.1 Å². The van der Waals surface area contributed by atoms with Gasteiger partial charge in [-0.15, -0.1) is 0 Å². The number of ether oxygens (including phenoxy) is 2. The number of fused-ring (bicyclic) bond motifs is 1. The number of methoxy groups -OCH3 is 2. The molecule has 5 rings (SSSR count). The molecule has 1 fully saturated rings. The molecule has 196 valence electrons. The molecule has 0 bridgehead atoms.